The molecule has 37 heavy (non-hydrogen) atoms. The number of rotatable bonds is 5. The number of nitrogens with zero attached hydrogens (tertiary/aromatic N) is 1. The number of fused-ring (bicyclic) bond motifs is 1. The van der Waals surface area contributed by atoms with E-state index in [1.54, 1.807) is 19.2 Å². The number of methoxy groups -OCH3 is 1. The first-order valence-corrected chi connectivity index (χ1v) is 14.2. The van der Waals surface area contributed by atoms with Crippen LogP contribution in [-0.2, 0) is 15.3 Å². The lowest BCUT2D eigenvalue weighted by atomic mass is 9.87. The van der Waals surface area contributed by atoms with Gasteiger partial charge in [-0.25, -0.2) is 13.4 Å². The maximum atomic E-state index is 13.7. The quantitative estimate of drug-likeness (QED) is 0.258. The van der Waals surface area contributed by atoms with Crippen LogP contribution in [-0.4, -0.2) is 20.5 Å². The second-order valence-electron chi connectivity index (χ2n) is 9.91. The summed E-state index contributed by atoms with van der Waals surface area (Å²) in [5.41, 5.74) is 11.2. The Kier molecular flexibility index (Phi) is 6.30. The van der Waals surface area contributed by atoms with Crippen LogP contribution in [0.3, 0.4) is 0 Å². The molecule has 0 radical (unpaired) electrons. The van der Waals surface area contributed by atoms with Gasteiger partial charge in [0.15, 0.2) is 0 Å². The van der Waals surface area contributed by atoms with Crippen LogP contribution in [0.25, 0.3) is 32.6 Å². The van der Waals surface area contributed by atoms with Crippen LogP contribution in [0.2, 0.25) is 0 Å². The van der Waals surface area contributed by atoms with Gasteiger partial charge in [0.1, 0.15) is 14.8 Å². The van der Waals surface area contributed by atoms with Gasteiger partial charge < -0.3 is 10.5 Å². The van der Waals surface area contributed by atoms with Crippen LogP contribution < -0.4 is 10.5 Å². The molecule has 5 aromatic rings. The fourth-order valence-corrected chi connectivity index (χ4v) is 7.21. The number of nitrogens with two attached hydrogens (primary N) is 1. The monoisotopic (exact) mass is 528 g/mol. The molecule has 0 bridgehead atoms. The average Bonchev–Trinajstić information content (AvgIpc) is 3.25. The zero-order chi connectivity index (χ0) is 26.4. The highest BCUT2D eigenvalue weighted by Crippen LogP contribution is 2.44. The van der Waals surface area contributed by atoms with Gasteiger partial charge in [0.25, 0.3) is 0 Å². The summed E-state index contributed by atoms with van der Waals surface area (Å²) >= 11 is 1.11. The Bertz CT molecular complexity index is 1680. The van der Waals surface area contributed by atoms with Crippen molar-refractivity contribution in [1.82, 2.24) is 4.98 Å². The van der Waals surface area contributed by atoms with Gasteiger partial charge in [-0.2, -0.15) is 0 Å². The zero-order valence-corrected chi connectivity index (χ0v) is 22.8. The third-order valence-electron chi connectivity index (χ3n) is 6.41. The number of hydrogen-bond donors (Lipinski definition) is 1. The number of sulfone groups is 1. The summed E-state index contributed by atoms with van der Waals surface area (Å²) in [5.74, 6) is 0.749. The minimum Gasteiger partial charge on any atom is -0.497 e. The van der Waals surface area contributed by atoms with Crippen LogP contribution in [0.1, 0.15) is 26.3 Å². The van der Waals surface area contributed by atoms with Gasteiger partial charge in [-0.15, -0.1) is 11.3 Å². The molecule has 0 unspecified atom stereocenters. The van der Waals surface area contributed by atoms with Crippen LogP contribution in [0.4, 0.5) is 5.69 Å². The topological polar surface area (TPSA) is 82.3 Å². The lowest BCUT2D eigenvalue weighted by Gasteiger charge is -2.19. The van der Waals surface area contributed by atoms with Crippen molar-refractivity contribution in [3.05, 3.63) is 90.5 Å². The van der Waals surface area contributed by atoms with E-state index in [-0.39, 0.29) is 20.2 Å². The molecule has 0 spiro atoms. The summed E-state index contributed by atoms with van der Waals surface area (Å²) in [6.45, 7) is 6.28. The molecular formula is C30H28N2O3S2. The van der Waals surface area contributed by atoms with Gasteiger partial charge in [0, 0.05) is 10.9 Å². The minimum absolute atomic E-state index is 0.0781. The Balaban J connectivity index is 1.71. The highest BCUT2D eigenvalue weighted by Gasteiger charge is 2.28. The number of nitrogen functional groups attached to an aromatic ring is 1. The lowest BCUT2D eigenvalue weighted by molar-refractivity contribution is 0.415. The fraction of sp³-hybridized carbons (Fsp3) is 0.167. The first kappa shape index (κ1) is 25.0. The van der Waals surface area contributed by atoms with Crippen molar-refractivity contribution in [2.45, 2.75) is 35.3 Å². The molecule has 0 aliphatic heterocycles. The normalized spacial score (nSPS) is 12.1. The van der Waals surface area contributed by atoms with Gasteiger partial charge in [-0.3, -0.25) is 0 Å². The van der Waals surface area contributed by atoms with Crippen molar-refractivity contribution in [2.75, 3.05) is 12.8 Å². The van der Waals surface area contributed by atoms with E-state index in [9.17, 15) is 8.42 Å². The van der Waals surface area contributed by atoms with Crippen molar-refractivity contribution < 1.29 is 13.2 Å². The number of hydrogen-bond acceptors (Lipinski definition) is 6. The van der Waals surface area contributed by atoms with E-state index >= 15 is 0 Å². The molecule has 2 heterocycles. The summed E-state index contributed by atoms with van der Waals surface area (Å²) < 4.78 is 32.9. The highest BCUT2D eigenvalue weighted by molar-refractivity contribution is 7.93. The summed E-state index contributed by atoms with van der Waals surface area (Å²) in [4.78, 5) is 5.65. The molecule has 3 aromatic carbocycles. The Morgan fingerprint density at radius 1 is 0.865 bits per heavy atom. The molecule has 0 saturated heterocycles. The molecule has 0 atom stereocenters. The smallest absolute Gasteiger partial charge is 0.218 e. The maximum Gasteiger partial charge on any atom is 0.218 e. The van der Waals surface area contributed by atoms with Gasteiger partial charge in [-0.1, -0.05) is 63.2 Å². The maximum absolute atomic E-state index is 13.7. The van der Waals surface area contributed by atoms with Gasteiger partial charge in [-0.05, 0) is 64.6 Å². The SMILES string of the molecule is COc1ccc(-c2cc(-c3ccccc3)c3c(N)c(S(=O)(=O)c4ccc(C(C)(C)C)cc4)sc3n2)cc1. The molecule has 188 valence electrons. The molecule has 0 aliphatic carbocycles. The van der Waals surface area contributed by atoms with Gasteiger partial charge in [0.05, 0.1) is 23.4 Å². The molecular weight excluding hydrogens is 500 g/mol. The second-order valence-corrected chi connectivity index (χ2v) is 13.1. The first-order valence-electron chi connectivity index (χ1n) is 11.9. The molecule has 2 N–H and O–H groups in total. The van der Waals surface area contributed by atoms with Crippen LogP contribution in [0.15, 0.2) is 94.0 Å². The number of aromatic nitrogens is 1. The van der Waals surface area contributed by atoms with Crippen molar-refractivity contribution in [1.29, 1.82) is 0 Å². The van der Waals surface area contributed by atoms with E-state index in [1.165, 1.54) is 0 Å². The number of ether oxygens (including phenoxy) is 1. The average molecular weight is 529 g/mol. The Morgan fingerprint density at radius 3 is 2.11 bits per heavy atom. The molecule has 0 aliphatic rings. The Morgan fingerprint density at radius 2 is 1.51 bits per heavy atom. The van der Waals surface area contributed by atoms with E-state index in [0.29, 0.717) is 10.2 Å². The van der Waals surface area contributed by atoms with Gasteiger partial charge in [0.2, 0.25) is 9.84 Å². The molecule has 0 fully saturated rings. The van der Waals surface area contributed by atoms with E-state index in [1.807, 2.05) is 72.8 Å². The second kappa shape index (κ2) is 9.32. The van der Waals surface area contributed by atoms with Crippen molar-refractivity contribution in [3.8, 4) is 28.1 Å². The van der Waals surface area contributed by atoms with Crippen LogP contribution in [0, 0.1) is 0 Å². The van der Waals surface area contributed by atoms with Crippen LogP contribution in [0.5, 0.6) is 5.75 Å². The predicted molar refractivity (Wildman–Crippen MR) is 152 cm³/mol. The number of benzene rings is 3. The standard InChI is InChI=1S/C30H28N2O3S2/c1-30(2,3)21-12-16-23(17-13-21)37(33,34)29-27(31)26-24(19-8-6-5-7-9-19)18-25(32-28(26)36-29)20-10-14-22(35-4)15-11-20/h5-18H,31H2,1-4H3. The number of pyridine rings is 1. The van der Waals surface area contributed by atoms with E-state index in [0.717, 1.165) is 45.0 Å². The number of thiophene rings is 1. The Hall–Kier alpha value is -3.68. The molecule has 2 aromatic heterocycles. The predicted octanol–water partition coefficient (Wildman–Crippen LogP) is 7.35. The molecule has 0 saturated carbocycles. The van der Waals surface area contributed by atoms with Crippen molar-refractivity contribution in [2.24, 2.45) is 0 Å². The summed E-state index contributed by atoms with van der Waals surface area (Å²) in [6, 6.07) is 26.5. The van der Waals surface area contributed by atoms with E-state index in [4.69, 9.17) is 15.5 Å². The fourth-order valence-electron chi connectivity index (χ4n) is 4.30. The number of anilines is 1. The summed E-state index contributed by atoms with van der Waals surface area (Å²) in [6.07, 6.45) is 0. The third-order valence-corrected chi connectivity index (χ3v) is 9.81. The molecule has 0 amide bonds. The lowest BCUT2D eigenvalue weighted by Crippen LogP contribution is -2.11. The largest absolute Gasteiger partial charge is 0.497 e. The third kappa shape index (κ3) is 4.61. The van der Waals surface area contributed by atoms with E-state index in [2.05, 4.69) is 20.8 Å². The zero-order valence-electron chi connectivity index (χ0n) is 21.1. The summed E-state index contributed by atoms with van der Waals surface area (Å²) in [5, 5.41) is 0.651. The summed E-state index contributed by atoms with van der Waals surface area (Å²) in [7, 11) is -2.22. The van der Waals surface area contributed by atoms with E-state index < -0.39 is 9.84 Å². The highest BCUT2D eigenvalue weighted by atomic mass is 32.2. The Labute approximate surface area is 221 Å². The molecule has 5 nitrogen and oxygen atoms in total. The van der Waals surface area contributed by atoms with Gasteiger partial charge >= 0.3 is 0 Å². The van der Waals surface area contributed by atoms with Crippen molar-refractivity contribution >= 4 is 37.1 Å². The minimum atomic E-state index is -3.84. The first-order chi connectivity index (χ1) is 17.6. The molecule has 7 heteroatoms. The van der Waals surface area contributed by atoms with Crippen LogP contribution >= 0.6 is 11.3 Å². The van der Waals surface area contributed by atoms with Crippen molar-refractivity contribution in [3.63, 3.8) is 0 Å². The molecule has 5 rings (SSSR count).